The zero-order valence-electron chi connectivity index (χ0n) is 10.4. The molecule has 3 heteroatoms. The molecule has 1 saturated heterocycles. The van der Waals surface area contributed by atoms with Crippen LogP contribution in [-0.4, -0.2) is 18.8 Å². The minimum atomic E-state index is 0.490. The van der Waals surface area contributed by atoms with Gasteiger partial charge in [0.1, 0.15) is 0 Å². The Hall–Kier alpha value is -0.380. The molecule has 2 nitrogen and oxygen atoms in total. The zero-order valence-corrected chi connectivity index (χ0v) is 11.2. The van der Waals surface area contributed by atoms with E-state index in [-0.39, 0.29) is 0 Å². The summed E-state index contributed by atoms with van der Waals surface area (Å²) in [6.07, 6.45) is 5.58. The highest BCUT2D eigenvalue weighted by atomic mass is 32.1. The van der Waals surface area contributed by atoms with Crippen molar-refractivity contribution in [1.29, 1.82) is 0 Å². The summed E-state index contributed by atoms with van der Waals surface area (Å²) in [6, 6.07) is 5.49. The summed E-state index contributed by atoms with van der Waals surface area (Å²) in [5, 5.41) is 5.99. The molecule has 0 radical (unpaired) electrons. The predicted octanol–water partition coefficient (Wildman–Crippen LogP) is 3.36. The van der Waals surface area contributed by atoms with Crippen LogP contribution in [0.25, 0.3) is 0 Å². The van der Waals surface area contributed by atoms with Crippen LogP contribution in [0.2, 0.25) is 0 Å². The summed E-state index contributed by atoms with van der Waals surface area (Å²) in [5.41, 5.74) is 0. The number of hydrogen-bond acceptors (Lipinski definition) is 3. The summed E-state index contributed by atoms with van der Waals surface area (Å²) in [7, 11) is 0. The molecule has 1 aliphatic carbocycles. The monoisotopic (exact) mass is 251 g/mol. The van der Waals surface area contributed by atoms with E-state index in [0.29, 0.717) is 18.2 Å². The highest BCUT2D eigenvalue weighted by Gasteiger charge is 2.41. The van der Waals surface area contributed by atoms with Gasteiger partial charge in [-0.3, -0.25) is 0 Å². The van der Waals surface area contributed by atoms with Gasteiger partial charge in [-0.15, -0.1) is 11.3 Å². The van der Waals surface area contributed by atoms with E-state index in [4.69, 9.17) is 4.74 Å². The van der Waals surface area contributed by atoms with Gasteiger partial charge in [0.05, 0.1) is 6.10 Å². The van der Waals surface area contributed by atoms with Crippen molar-refractivity contribution in [3.05, 3.63) is 22.4 Å². The Morgan fingerprint density at radius 3 is 3.00 bits per heavy atom. The molecule has 3 rings (SSSR count). The molecular formula is C14H21NOS. The third-order valence-electron chi connectivity index (χ3n) is 3.93. The van der Waals surface area contributed by atoms with Crippen LogP contribution in [0.3, 0.4) is 0 Å². The Kier molecular flexibility index (Phi) is 3.50. The van der Waals surface area contributed by atoms with Crippen molar-refractivity contribution >= 4 is 11.3 Å². The molecule has 3 atom stereocenters. The third-order valence-corrected chi connectivity index (χ3v) is 4.92. The summed E-state index contributed by atoms with van der Waals surface area (Å²) in [4.78, 5) is 1.47. The predicted molar refractivity (Wildman–Crippen MR) is 71.4 cm³/mol. The Morgan fingerprint density at radius 2 is 2.35 bits per heavy atom. The normalized spacial score (nSPS) is 30.6. The largest absolute Gasteiger partial charge is 0.376 e. The van der Waals surface area contributed by atoms with Gasteiger partial charge in [-0.2, -0.15) is 0 Å². The first-order chi connectivity index (χ1) is 8.38. The van der Waals surface area contributed by atoms with Crippen molar-refractivity contribution in [1.82, 2.24) is 5.32 Å². The molecule has 94 valence electrons. The van der Waals surface area contributed by atoms with E-state index < -0.39 is 0 Å². The van der Waals surface area contributed by atoms with Crippen LogP contribution < -0.4 is 5.32 Å². The van der Waals surface area contributed by atoms with Crippen molar-refractivity contribution < 1.29 is 4.74 Å². The van der Waals surface area contributed by atoms with Gasteiger partial charge in [0.2, 0.25) is 0 Å². The molecule has 0 bridgehead atoms. The highest BCUT2D eigenvalue weighted by molar-refractivity contribution is 7.10. The minimum Gasteiger partial charge on any atom is -0.376 e. The lowest BCUT2D eigenvalue weighted by Crippen LogP contribution is -2.39. The highest BCUT2D eigenvalue weighted by Crippen LogP contribution is 2.39. The molecule has 1 aliphatic heterocycles. The fourth-order valence-electron chi connectivity index (χ4n) is 2.83. The second-order valence-corrected chi connectivity index (χ2v) is 6.19. The minimum absolute atomic E-state index is 0.490. The maximum absolute atomic E-state index is 5.89. The Balaban J connectivity index is 1.64. The summed E-state index contributed by atoms with van der Waals surface area (Å²) >= 11 is 1.86. The molecule has 1 N–H and O–H groups in total. The quantitative estimate of drug-likeness (QED) is 0.866. The molecule has 0 spiro atoms. The van der Waals surface area contributed by atoms with Gasteiger partial charge in [0.25, 0.3) is 0 Å². The molecule has 2 fully saturated rings. The second-order valence-electron chi connectivity index (χ2n) is 5.21. The number of nitrogens with one attached hydrogen (secondary N) is 1. The van der Waals surface area contributed by atoms with Gasteiger partial charge in [0.15, 0.2) is 0 Å². The smallest absolute Gasteiger partial charge is 0.0757 e. The molecular weight excluding hydrogens is 230 g/mol. The van der Waals surface area contributed by atoms with Gasteiger partial charge >= 0.3 is 0 Å². The topological polar surface area (TPSA) is 21.3 Å². The van der Waals surface area contributed by atoms with Gasteiger partial charge < -0.3 is 10.1 Å². The molecule has 0 amide bonds. The van der Waals surface area contributed by atoms with Crippen molar-refractivity contribution in [2.24, 2.45) is 5.92 Å². The fraction of sp³-hybridized carbons (Fsp3) is 0.714. The Bertz CT molecular complexity index is 347. The van der Waals surface area contributed by atoms with Crippen LogP contribution >= 0.6 is 11.3 Å². The third kappa shape index (κ3) is 2.56. The first-order valence-corrected chi connectivity index (χ1v) is 7.67. The summed E-state index contributed by atoms with van der Waals surface area (Å²) < 4.78 is 5.89. The van der Waals surface area contributed by atoms with Crippen LogP contribution in [0.15, 0.2) is 17.5 Å². The fourth-order valence-corrected chi connectivity index (χ4v) is 3.70. The maximum Gasteiger partial charge on any atom is 0.0757 e. The number of ether oxygens (including phenoxy) is 1. The van der Waals surface area contributed by atoms with E-state index in [1.807, 2.05) is 11.3 Å². The first-order valence-electron chi connectivity index (χ1n) is 6.79. The van der Waals surface area contributed by atoms with Crippen molar-refractivity contribution in [2.45, 2.75) is 50.8 Å². The van der Waals surface area contributed by atoms with E-state index in [1.54, 1.807) is 0 Å². The van der Waals surface area contributed by atoms with Crippen LogP contribution in [0, 0.1) is 5.92 Å². The first kappa shape index (κ1) is 11.7. The van der Waals surface area contributed by atoms with E-state index >= 15 is 0 Å². The van der Waals surface area contributed by atoms with Gasteiger partial charge in [-0.25, -0.2) is 0 Å². The number of thiophene rings is 1. The standard InChI is InChI=1S/C14H21NOS/c1-2-11(13-4-3-9-17-13)15-12-7-8-16-14(12)10-5-6-10/h3-4,9-12,14-15H,2,5-8H2,1H3. The molecule has 0 aromatic carbocycles. The van der Waals surface area contributed by atoms with Gasteiger partial charge in [-0.1, -0.05) is 13.0 Å². The van der Waals surface area contributed by atoms with Crippen LogP contribution in [0.1, 0.15) is 43.5 Å². The molecule has 1 aromatic rings. The average molecular weight is 251 g/mol. The van der Waals surface area contributed by atoms with Crippen LogP contribution in [0.4, 0.5) is 0 Å². The lowest BCUT2D eigenvalue weighted by atomic mass is 10.0. The molecule has 1 saturated carbocycles. The summed E-state index contributed by atoms with van der Waals surface area (Å²) in [5.74, 6) is 0.843. The van der Waals surface area contributed by atoms with Crippen LogP contribution in [-0.2, 0) is 4.74 Å². The van der Waals surface area contributed by atoms with E-state index in [2.05, 4.69) is 29.8 Å². The van der Waals surface area contributed by atoms with E-state index in [0.717, 1.165) is 18.9 Å². The Morgan fingerprint density at radius 1 is 1.47 bits per heavy atom. The Labute approximate surface area is 107 Å². The SMILES string of the molecule is CCC(NC1CCOC1C1CC1)c1cccs1. The molecule has 17 heavy (non-hydrogen) atoms. The molecule has 2 aliphatic rings. The molecule has 2 heterocycles. The molecule has 1 aromatic heterocycles. The average Bonchev–Trinajstić information content (AvgIpc) is 2.88. The van der Waals surface area contributed by atoms with Crippen LogP contribution in [0.5, 0.6) is 0 Å². The lowest BCUT2D eigenvalue weighted by Gasteiger charge is -2.25. The number of rotatable bonds is 5. The zero-order chi connectivity index (χ0) is 11.7. The van der Waals surface area contributed by atoms with Gasteiger partial charge in [-0.05, 0) is 43.0 Å². The van der Waals surface area contributed by atoms with Gasteiger partial charge in [0, 0.05) is 23.6 Å². The maximum atomic E-state index is 5.89. The number of hydrogen-bond donors (Lipinski definition) is 1. The second kappa shape index (κ2) is 5.09. The lowest BCUT2D eigenvalue weighted by molar-refractivity contribution is 0.0788. The van der Waals surface area contributed by atoms with Crippen molar-refractivity contribution in [3.63, 3.8) is 0 Å². The van der Waals surface area contributed by atoms with Crippen molar-refractivity contribution in [2.75, 3.05) is 6.61 Å². The summed E-state index contributed by atoms with van der Waals surface area (Å²) in [6.45, 7) is 3.21. The molecule has 3 unspecified atom stereocenters. The van der Waals surface area contributed by atoms with E-state index in [9.17, 15) is 0 Å². The van der Waals surface area contributed by atoms with Crippen molar-refractivity contribution in [3.8, 4) is 0 Å². The van der Waals surface area contributed by atoms with E-state index in [1.165, 1.54) is 24.1 Å².